The van der Waals surface area contributed by atoms with Crippen molar-refractivity contribution in [3.05, 3.63) is 18.1 Å². The molecule has 1 aliphatic heterocycles. The first-order valence-corrected chi connectivity index (χ1v) is 6.63. The molecule has 1 unspecified atom stereocenters. The summed E-state index contributed by atoms with van der Waals surface area (Å²) in [7, 11) is 0. The molecule has 18 heavy (non-hydrogen) atoms. The molecule has 2 aromatic heterocycles. The molecule has 2 aliphatic rings. The summed E-state index contributed by atoms with van der Waals surface area (Å²) in [6, 6.07) is 2.62. The average Bonchev–Trinajstić information content (AvgIpc) is 2.89. The van der Waals surface area contributed by atoms with E-state index in [-0.39, 0.29) is 6.10 Å². The van der Waals surface area contributed by atoms with E-state index in [0.29, 0.717) is 6.04 Å². The molecular formula is C13H16N4O. The topological polar surface area (TPSA) is 62.8 Å². The normalized spacial score (nSPS) is 23.7. The Kier molecular flexibility index (Phi) is 2.26. The zero-order valence-electron chi connectivity index (χ0n) is 10.1. The van der Waals surface area contributed by atoms with Gasteiger partial charge in [-0.2, -0.15) is 0 Å². The molecule has 2 N–H and O–H groups in total. The minimum absolute atomic E-state index is 0.0671. The smallest absolute Gasteiger partial charge is 0.161 e. The van der Waals surface area contributed by atoms with E-state index in [2.05, 4.69) is 20.3 Å². The molecule has 2 fully saturated rings. The fourth-order valence-electron chi connectivity index (χ4n) is 2.41. The second kappa shape index (κ2) is 3.95. The van der Waals surface area contributed by atoms with Gasteiger partial charge >= 0.3 is 0 Å². The van der Waals surface area contributed by atoms with Crippen LogP contribution in [0, 0.1) is 0 Å². The third-order valence-corrected chi connectivity index (χ3v) is 3.57. The summed E-state index contributed by atoms with van der Waals surface area (Å²) in [5.41, 5.74) is 0.902. The zero-order valence-corrected chi connectivity index (χ0v) is 10.1. The molecule has 5 heteroatoms. The lowest BCUT2D eigenvalue weighted by atomic mass is 10.2. The molecule has 0 bridgehead atoms. The molecule has 0 aromatic carbocycles. The summed E-state index contributed by atoms with van der Waals surface area (Å²) >= 11 is 0. The van der Waals surface area contributed by atoms with E-state index in [0.717, 1.165) is 42.1 Å². The van der Waals surface area contributed by atoms with Crippen LogP contribution in [0.2, 0.25) is 0 Å². The van der Waals surface area contributed by atoms with Crippen LogP contribution in [-0.4, -0.2) is 27.6 Å². The zero-order chi connectivity index (χ0) is 11.9. The van der Waals surface area contributed by atoms with Crippen molar-refractivity contribution in [2.75, 3.05) is 11.9 Å². The van der Waals surface area contributed by atoms with E-state index in [4.69, 9.17) is 4.74 Å². The molecule has 1 atom stereocenters. The lowest BCUT2D eigenvalue weighted by Gasteiger charge is -2.11. The molecule has 1 saturated heterocycles. The van der Waals surface area contributed by atoms with Gasteiger partial charge in [-0.3, -0.25) is 0 Å². The average molecular weight is 244 g/mol. The Labute approximate surface area is 105 Å². The van der Waals surface area contributed by atoms with E-state index in [1.807, 2.05) is 12.3 Å². The number of anilines is 1. The number of hydrogen-bond donors (Lipinski definition) is 2. The van der Waals surface area contributed by atoms with Gasteiger partial charge in [0, 0.05) is 18.8 Å². The third kappa shape index (κ3) is 1.75. The second-order valence-corrected chi connectivity index (χ2v) is 5.09. The highest BCUT2D eigenvalue weighted by molar-refractivity contribution is 5.87. The number of H-pyrrole nitrogens is 1. The van der Waals surface area contributed by atoms with E-state index >= 15 is 0 Å². The van der Waals surface area contributed by atoms with Gasteiger partial charge in [0.05, 0.1) is 5.39 Å². The molecule has 2 aromatic rings. The summed E-state index contributed by atoms with van der Waals surface area (Å²) < 4.78 is 5.67. The first-order chi connectivity index (χ1) is 8.90. The maximum Gasteiger partial charge on any atom is 0.161 e. The van der Waals surface area contributed by atoms with Crippen molar-refractivity contribution in [3.8, 4) is 0 Å². The van der Waals surface area contributed by atoms with Crippen molar-refractivity contribution in [1.82, 2.24) is 15.0 Å². The van der Waals surface area contributed by atoms with Gasteiger partial charge in [-0.1, -0.05) is 0 Å². The summed E-state index contributed by atoms with van der Waals surface area (Å²) in [5, 5.41) is 4.55. The van der Waals surface area contributed by atoms with Crippen LogP contribution in [0.1, 0.15) is 37.6 Å². The number of ether oxygens (including phenoxy) is 1. The molecule has 0 spiro atoms. The molecule has 5 nitrogen and oxygen atoms in total. The van der Waals surface area contributed by atoms with E-state index < -0.39 is 0 Å². The SMILES string of the molecule is c1cc2c(NC3CC3)nc(C3CCCO3)nc2[nH]1. The molecule has 94 valence electrons. The molecule has 1 saturated carbocycles. The maximum atomic E-state index is 5.67. The minimum atomic E-state index is 0.0671. The number of nitrogens with zero attached hydrogens (tertiary/aromatic N) is 2. The van der Waals surface area contributed by atoms with E-state index in [9.17, 15) is 0 Å². The van der Waals surface area contributed by atoms with Crippen molar-refractivity contribution in [2.45, 2.75) is 37.8 Å². The Balaban J connectivity index is 1.77. The first kappa shape index (κ1) is 10.3. The van der Waals surface area contributed by atoms with Crippen LogP contribution >= 0.6 is 0 Å². The standard InChI is InChI=1S/C13H16N4O/c1-2-10(18-7-1)13-16-11-9(5-6-14-11)12(17-13)15-8-3-4-8/h5-6,8,10H,1-4,7H2,(H2,14,15,16,17). The third-order valence-electron chi connectivity index (χ3n) is 3.57. The predicted molar refractivity (Wildman–Crippen MR) is 68.5 cm³/mol. The lowest BCUT2D eigenvalue weighted by Crippen LogP contribution is -2.09. The van der Waals surface area contributed by atoms with Gasteiger partial charge in [0.2, 0.25) is 0 Å². The highest BCUT2D eigenvalue weighted by atomic mass is 16.5. The summed E-state index contributed by atoms with van der Waals surface area (Å²) in [6.07, 6.45) is 6.59. The number of hydrogen-bond acceptors (Lipinski definition) is 4. The summed E-state index contributed by atoms with van der Waals surface area (Å²) in [5.74, 6) is 1.76. The van der Waals surface area contributed by atoms with Crippen LogP contribution in [0.3, 0.4) is 0 Å². The first-order valence-electron chi connectivity index (χ1n) is 6.63. The van der Waals surface area contributed by atoms with Gasteiger partial charge in [0.1, 0.15) is 17.6 Å². The van der Waals surface area contributed by atoms with Gasteiger partial charge in [-0.05, 0) is 31.7 Å². The van der Waals surface area contributed by atoms with Crippen molar-refractivity contribution in [2.24, 2.45) is 0 Å². The van der Waals surface area contributed by atoms with Crippen LogP contribution in [0.15, 0.2) is 12.3 Å². The Hall–Kier alpha value is -1.62. The van der Waals surface area contributed by atoms with Crippen molar-refractivity contribution in [3.63, 3.8) is 0 Å². The predicted octanol–water partition coefficient (Wildman–Crippen LogP) is 2.38. The largest absolute Gasteiger partial charge is 0.370 e. The van der Waals surface area contributed by atoms with Gasteiger partial charge < -0.3 is 15.0 Å². The van der Waals surface area contributed by atoms with E-state index in [1.165, 1.54) is 12.8 Å². The molecule has 0 radical (unpaired) electrons. The fourth-order valence-corrected chi connectivity index (χ4v) is 2.41. The number of aromatic amines is 1. The van der Waals surface area contributed by atoms with Crippen LogP contribution in [0.25, 0.3) is 11.0 Å². The molecule has 4 rings (SSSR count). The van der Waals surface area contributed by atoms with Gasteiger partial charge in [0.15, 0.2) is 5.82 Å². The maximum absolute atomic E-state index is 5.67. The number of nitrogens with one attached hydrogen (secondary N) is 2. The van der Waals surface area contributed by atoms with Crippen LogP contribution < -0.4 is 5.32 Å². The summed E-state index contributed by atoms with van der Waals surface area (Å²) in [6.45, 7) is 0.822. The molecular weight excluding hydrogens is 228 g/mol. The monoisotopic (exact) mass is 244 g/mol. The van der Waals surface area contributed by atoms with Crippen LogP contribution in [0.4, 0.5) is 5.82 Å². The number of aromatic nitrogens is 3. The highest BCUT2D eigenvalue weighted by Crippen LogP contribution is 2.31. The number of rotatable bonds is 3. The Morgan fingerprint density at radius 3 is 3.00 bits per heavy atom. The Morgan fingerprint density at radius 2 is 2.22 bits per heavy atom. The molecule has 1 aliphatic carbocycles. The van der Waals surface area contributed by atoms with Crippen molar-refractivity contribution >= 4 is 16.9 Å². The highest BCUT2D eigenvalue weighted by Gasteiger charge is 2.25. The lowest BCUT2D eigenvalue weighted by molar-refractivity contribution is 0.105. The van der Waals surface area contributed by atoms with Crippen molar-refractivity contribution < 1.29 is 4.74 Å². The van der Waals surface area contributed by atoms with Crippen molar-refractivity contribution in [1.29, 1.82) is 0 Å². The van der Waals surface area contributed by atoms with Gasteiger partial charge in [0.25, 0.3) is 0 Å². The van der Waals surface area contributed by atoms with Gasteiger partial charge in [-0.15, -0.1) is 0 Å². The minimum Gasteiger partial charge on any atom is -0.370 e. The molecule has 0 amide bonds. The Morgan fingerprint density at radius 1 is 1.28 bits per heavy atom. The van der Waals surface area contributed by atoms with Crippen LogP contribution in [0.5, 0.6) is 0 Å². The Bertz CT molecular complexity index is 569. The van der Waals surface area contributed by atoms with Gasteiger partial charge in [-0.25, -0.2) is 9.97 Å². The van der Waals surface area contributed by atoms with Crippen LogP contribution in [-0.2, 0) is 4.74 Å². The second-order valence-electron chi connectivity index (χ2n) is 5.09. The quantitative estimate of drug-likeness (QED) is 0.870. The van der Waals surface area contributed by atoms with E-state index in [1.54, 1.807) is 0 Å². The number of fused-ring (bicyclic) bond motifs is 1. The molecule has 3 heterocycles. The summed E-state index contributed by atoms with van der Waals surface area (Å²) in [4.78, 5) is 12.4. The fraction of sp³-hybridized carbons (Fsp3) is 0.538.